The number of nitrogens with one attached hydrogen (secondary N) is 1. The number of aliphatic hydroxyl groups excluding tert-OH is 1. The van der Waals surface area contributed by atoms with Gasteiger partial charge in [-0.3, -0.25) is 4.79 Å². The first-order valence-corrected chi connectivity index (χ1v) is 8.54. The first kappa shape index (κ1) is 17.4. The lowest BCUT2D eigenvalue weighted by atomic mass is 9.75. The average Bonchev–Trinajstić information content (AvgIpc) is 2.57. The molecule has 1 fully saturated rings. The zero-order valence-corrected chi connectivity index (χ0v) is 14.8. The summed E-state index contributed by atoms with van der Waals surface area (Å²) in [5.74, 6) is 0.649. The second-order valence-corrected chi connectivity index (χ2v) is 6.79. The van der Waals surface area contributed by atoms with Crippen LogP contribution in [0, 0.1) is 19.8 Å². The molecule has 1 saturated carbocycles. The minimum atomic E-state index is -0.281. The first-order valence-electron chi connectivity index (χ1n) is 8.54. The molecule has 3 rings (SSSR count). The number of benzene rings is 1. The molecule has 0 unspecified atom stereocenters. The van der Waals surface area contributed by atoms with Crippen molar-refractivity contribution in [3.8, 4) is 5.88 Å². The van der Waals surface area contributed by atoms with Crippen molar-refractivity contribution in [2.24, 2.45) is 5.92 Å². The molecule has 1 amide bonds. The van der Waals surface area contributed by atoms with Crippen LogP contribution in [0.2, 0.25) is 0 Å². The highest BCUT2D eigenvalue weighted by Crippen LogP contribution is 2.38. The third-order valence-corrected chi connectivity index (χ3v) is 4.86. The fourth-order valence-electron chi connectivity index (χ4n) is 3.36. The third kappa shape index (κ3) is 3.82. The predicted molar refractivity (Wildman–Crippen MR) is 95.6 cm³/mol. The number of hydrogen-bond donors (Lipinski definition) is 2. The number of hydrogen-bond acceptors (Lipinski definition) is 4. The van der Waals surface area contributed by atoms with Crippen LogP contribution < -0.4 is 10.1 Å². The number of aromatic nitrogens is 1. The lowest BCUT2D eigenvalue weighted by Crippen LogP contribution is -2.41. The van der Waals surface area contributed by atoms with Gasteiger partial charge in [0, 0.05) is 17.8 Å². The Balaban J connectivity index is 1.83. The van der Waals surface area contributed by atoms with Crippen molar-refractivity contribution in [3.05, 3.63) is 58.8 Å². The summed E-state index contributed by atoms with van der Waals surface area (Å²) in [6, 6.07) is 9.35. The van der Waals surface area contributed by atoms with Gasteiger partial charge in [0.05, 0.1) is 19.3 Å². The Kier molecular flexibility index (Phi) is 5.04. The smallest absolute Gasteiger partial charge is 0.252 e. The third-order valence-electron chi connectivity index (χ3n) is 4.86. The van der Waals surface area contributed by atoms with Gasteiger partial charge in [0.1, 0.15) is 0 Å². The van der Waals surface area contributed by atoms with Gasteiger partial charge in [-0.05, 0) is 49.8 Å². The molecule has 2 aromatic rings. The number of carbonyl (C=O) groups is 1. The molecule has 0 spiro atoms. The van der Waals surface area contributed by atoms with Crippen LogP contribution in [0.4, 0.5) is 0 Å². The molecule has 2 N–H and O–H groups in total. The molecule has 1 aromatic carbocycles. The number of pyridine rings is 1. The summed E-state index contributed by atoms with van der Waals surface area (Å²) >= 11 is 0. The fraction of sp³-hybridized carbons (Fsp3) is 0.400. The van der Waals surface area contributed by atoms with Crippen LogP contribution in [0.15, 0.2) is 36.5 Å². The molecular weight excluding hydrogens is 316 g/mol. The van der Waals surface area contributed by atoms with E-state index in [0.717, 1.165) is 16.7 Å². The molecule has 5 nitrogen and oxygen atoms in total. The van der Waals surface area contributed by atoms with Gasteiger partial charge in [0.2, 0.25) is 5.88 Å². The summed E-state index contributed by atoms with van der Waals surface area (Å²) in [7, 11) is 1.57. The number of rotatable bonds is 5. The molecule has 0 saturated heterocycles. The minimum Gasteiger partial charge on any atom is -0.481 e. The number of ether oxygens (including phenoxy) is 1. The summed E-state index contributed by atoms with van der Waals surface area (Å²) in [4.78, 5) is 17.0. The van der Waals surface area contributed by atoms with E-state index >= 15 is 0 Å². The summed E-state index contributed by atoms with van der Waals surface area (Å²) < 4.78 is 5.11. The fourth-order valence-corrected chi connectivity index (χ4v) is 3.36. The van der Waals surface area contributed by atoms with E-state index in [1.807, 2.05) is 38.1 Å². The summed E-state index contributed by atoms with van der Waals surface area (Å²) in [6.45, 7) is 3.95. The van der Waals surface area contributed by atoms with Gasteiger partial charge in [-0.2, -0.15) is 0 Å². The Hall–Kier alpha value is -2.40. The SMILES string of the molecule is COc1ccc([C@@H](NC(=O)c2ccc(C)cc2C)C2CC(O)C2)cn1. The summed E-state index contributed by atoms with van der Waals surface area (Å²) in [5.41, 5.74) is 3.69. The molecule has 0 radical (unpaired) electrons. The molecule has 0 bridgehead atoms. The molecule has 5 heteroatoms. The Morgan fingerprint density at radius 1 is 1.28 bits per heavy atom. The lowest BCUT2D eigenvalue weighted by Gasteiger charge is -2.38. The topological polar surface area (TPSA) is 71.5 Å². The molecule has 1 atom stereocenters. The van der Waals surface area contributed by atoms with Gasteiger partial charge in [-0.15, -0.1) is 0 Å². The number of aryl methyl sites for hydroxylation is 2. The molecule has 1 aliphatic carbocycles. The second kappa shape index (κ2) is 7.23. The lowest BCUT2D eigenvalue weighted by molar-refractivity contribution is 0.0234. The zero-order chi connectivity index (χ0) is 18.0. The average molecular weight is 340 g/mol. The molecule has 1 aliphatic rings. The second-order valence-electron chi connectivity index (χ2n) is 6.79. The van der Waals surface area contributed by atoms with E-state index in [1.165, 1.54) is 0 Å². The minimum absolute atomic E-state index is 0.0975. The molecule has 0 aliphatic heterocycles. The van der Waals surface area contributed by atoms with E-state index in [1.54, 1.807) is 19.4 Å². The zero-order valence-electron chi connectivity index (χ0n) is 14.8. The molecular formula is C20H24N2O3. The van der Waals surface area contributed by atoms with E-state index < -0.39 is 0 Å². The van der Waals surface area contributed by atoms with Crippen molar-refractivity contribution in [3.63, 3.8) is 0 Å². The van der Waals surface area contributed by atoms with Gasteiger partial charge in [0.15, 0.2) is 0 Å². The Bertz CT molecular complexity index is 752. The highest BCUT2D eigenvalue weighted by molar-refractivity contribution is 5.96. The number of nitrogens with zero attached hydrogens (tertiary/aromatic N) is 1. The predicted octanol–water partition coefficient (Wildman–Crippen LogP) is 2.95. The van der Waals surface area contributed by atoms with Crippen LogP contribution in [-0.4, -0.2) is 29.2 Å². The molecule has 25 heavy (non-hydrogen) atoms. The van der Waals surface area contributed by atoms with Gasteiger partial charge in [-0.25, -0.2) is 4.98 Å². The number of aliphatic hydroxyl groups is 1. The largest absolute Gasteiger partial charge is 0.481 e. The van der Waals surface area contributed by atoms with Crippen molar-refractivity contribution in [2.45, 2.75) is 38.8 Å². The Labute approximate surface area is 148 Å². The van der Waals surface area contributed by atoms with Crippen molar-refractivity contribution in [2.75, 3.05) is 7.11 Å². The monoisotopic (exact) mass is 340 g/mol. The van der Waals surface area contributed by atoms with E-state index in [4.69, 9.17) is 4.74 Å². The summed E-state index contributed by atoms with van der Waals surface area (Å²) in [6.07, 6.45) is 2.82. The molecule has 1 heterocycles. The maximum atomic E-state index is 12.8. The molecule has 132 valence electrons. The van der Waals surface area contributed by atoms with Gasteiger partial charge in [-0.1, -0.05) is 23.8 Å². The van der Waals surface area contributed by atoms with Crippen LogP contribution >= 0.6 is 0 Å². The standard InChI is InChI=1S/C20H24N2O3/c1-12-4-6-17(13(2)8-12)20(24)22-19(15-9-16(23)10-15)14-5-7-18(25-3)21-11-14/h4-8,11,15-16,19,23H,9-10H2,1-3H3,(H,22,24)/t15?,16?,19-/m1/s1. The van der Waals surface area contributed by atoms with E-state index in [2.05, 4.69) is 10.3 Å². The van der Waals surface area contributed by atoms with Crippen LogP contribution in [0.25, 0.3) is 0 Å². The highest BCUT2D eigenvalue weighted by Gasteiger charge is 2.36. The van der Waals surface area contributed by atoms with Crippen molar-refractivity contribution in [1.29, 1.82) is 0 Å². The first-order chi connectivity index (χ1) is 12.0. The van der Waals surface area contributed by atoms with E-state index in [9.17, 15) is 9.90 Å². The number of amides is 1. The Morgan fingerprint density at radius 2 is 2.04 bits per heavy atom. The number of methoxy groups -OCH3 is 1. The van der Waals surface area contributed by atoms with Crippen LogP contribution in [0.3, 0.4) is 0 Å². The van der Waals surface area contributed by atoms with Crippen molar-refractivity contribution in [1.82, 2.24) is 10.3 Å². The van der Waals surface area contributed by atoms with Gasteiger partial charge in [0.25, 0.3) is 5.91 Å². The number of carbonyl (C=O) groups excluding carboxylic acids is 1. The Morgan fingerprint density at radius 3 is 2.60 bits per heavy atom. The maximum absolute atomic E-state index is 12.8. The van der Waals surface area contributed by atoms with Crippen molar-refractivity contribution < 1.29 is 14.6 Å². The van der Waals surface area contributed by atoms with Crippen LogP contribution in [-0.2, 0) is 0 Å². The van der Waals surface area contributed by atoms with Crippen molar-refractivity contribution >= 4 is 5.91 Å². The molecule has 1 aromatic heterocycles. The van der Waals surface area contributed by atoms with Gasteiger partial charge >= 0.3 is 0 Å². The highest BCUT2D eigenvalue weighted by atomic mass is 16.5. The maximum Gasteiger partial charge on any atom is 0.252 e. The summed E-state index contributed by atoms with van der Waals surface area (Å²) in [5, 5.41) is 12.8. The van der Waals surface area contributed by atoms with Gasteiger partial charge < -0.3 is 15.2 Å². The quantitative estimate of drug-likeness (QED) is 0.878. The van der Waals surface area contributed by atoms with E-state index in [-0.39, 0.29) is 24.0 Å². The normalized spacial score (nSPS) is 20.5. The van der Waals surface area contributed by atoms with E-state index in [0.29, 0.717) is 24.3 Å². The van der Waals surface area contributed by atoms with Crippen LogP contribution in [0.1, 0.15) is 45.9 Å². The van der Waals surface area contributed by atoms with Crippen LogP contribution in [0.5, 0.6) is 5.88 Å².